The molecule has 1 aliphatic heterocycles. The highest BCUT2D eigenvalue weighted by Gasteiger charge is 2.36. The van der Waals surface area contributed by atoms with E-state index in [1.807, 2.05) is 13.8 Å². The number of likely N-dealkylation sites (tertiary alicyclic amines) is 1. The third-order valence-electron chi connectivity index (χ3n) is 5.42. The average Bonchev–Trinajstić information content (AvgIpc) is 3.18. The summed E-state index contributed by atoms with van der Waals surface area (Å²) in [6.45, 7) is 4.72. The van der Waals surface area contributed by atoms with E-state index in [-0.39, 0.29) is 11.8 Å². The fraction of sp³-hybridized carbons (Fsp3) is 0.409. The van der Waals surface area contributed by atoms with Crippen LogP contribution in [-0.2, 0) is 11.3 Å². The van der Waals surface area contributed by atoms with E-state index in [2.05, 4.69) is 4.98 Å². The van der Waals surface area contributed by atoms with Crippen LogP contribution in [0.2, 0.25) is 10.0 Å². The van der Waals surface area contributed by atoms with Gasteiger partial charge < -0.3 is 14.5 Å². The summed E-state index contributed by atoms with van der Waals surface area (Å²) >= 11 is 12.1. The number of hydrogen-bond donors (Lipinski definition) is 0. The number of likely N-dealkylation sites (N-methyl/N-ethyl adjacent to an activating group) is 1. The molecule has 160 valence electrons. The second-order valence-corrected chi connectivity index (χ2v) is 8.43. The van der Waals surface area contributed by atoms with Crippen LogP contribution in [0.1, 0.15) is 40.0 Å². The molecule has 0 spiro atoms. The smallest absolute Gasteiger partial charge is 0.254 e. The van der Waals surface area contributed by atoms with E-state index in [1.165, 1.54) is 0 Å². The summed E-state index contributed by atoms with van der Waals surface area (Å²) in [5, 5.41) is 0.778. The molecule has 1 atom stereocenters. The van der Waals surface area contributed by atoms with Gasteiger partial charge in [0.05, 0.1) is 19.3 Å². The van der Waals surface area contributed by atoms with Crippen molar-refractivity contribution >= 4 is 35.0 Å². The summed E-state index contributed by atoms with van der Waals surface area (Å²) in [6, 6.07) is 4.20. The van der Waals surface area contributed by atoms with Crippen LogP contribution in [0.15, 0.2) is 24.4 Å². The van der Waals surface area contributed by atoms with Gasteiger partial charge in [0.25, 0.3) is 5.91 Å². The maximum atomic E-state index is 13.2. The lowest BCUT2D eigenvalue weighted by Crippen LogP contribution is -2.46. The Balaban J connectivity index is 1.77. The first-order valence-electron chi connectivity index (χ1n) is 9.74. The van der Waals surface area contributed by atoms with Crippen molar-refractivity contribution < 1.29 is 14.3 Å². The van der Waals surface area contributed by atoms with Crippen molar-refractivity contribution in [2.75, 3.05) is 20.7 Å². The lowest BCUT2D eigenvalue weighted by molar-refractivity contribution is -0.134. The second-order valence-electron chi connectivity index (χ2n) is 7.56. The van der Waals surface area contributed by atoms with Crippen molar-refractivity contribution in [2.24, 2.45) is 0 Å². The number of hydrogen-bond acceptors (Lipinski definition) is 4. The van der Waals surface area contributed by atoms with Gasteiger partial charge in [0.15, 0.2) is 0 Å². The number of aromatic nitrogens is 1. The number of carbonyl (C=O) groups excluding carboxylic acids is 2. The highest BCUT2D eigenvalue weighted by Crippen LogP contribution is 2.27. The normalized spacial score (nSPS) is 15.9. The van der Waals surface area contributed by atoms with Crippen molar-refractivity contribution in [1.82, 2.24) is 14.8 Å². The maximum absolute atomic E-state index is 13.2. The van der Waals surface area contributed by atoms with Crippen LogP contribution in [0.4, 0.5) is 0 Å². The Bertz CT molecular complexity index is 960. The first-order chi connectivity index (χ1) is 14.2. The van der Waals surface area contributed by atoms with E-state index >= 15 is 0 Å². The number of methoxy groups -OCH3 is 1. The first kappa shape index (κ1) is 22.4. The van der Waals surface area contributed by atoms with Crippen LogP contribution in [0.25, 0.3) is 0 Å². The molecule has 1 aliphatic rings. The van der Waals surface area contributed by atoms with Crippen molar-refractivity contribution in [3.05, 3.63) is 56.8 Å². The molecule has 1 unspecified atom stereocenters. The van der Waals surface area contributed by atoms with E-state index in [0.717, 1.165) is 29.0 Å². The van der Waals surface area contributed by atoms with E-state index in [9.17, 15) is 9.59 Å². The molecule has 0 radical (unpaired) electrons. The van der Waals surface area contributed by atoms with Crippen LogP contribution < -0.4 is 4.74 Å². The average molecular weight is 450 g/mol. The van der Waals surface area contributed by atoms with Crippen LogP contribution >= 0.6 is 23.2 Å². The maximum Gasteiger partial charge on any atom is 0.254 e. The molecule has 1 aromatic carbocycles. The zero-order chi connectivity index (χ0) is 22.0. The molecule has 6 nitrogen and oxygen atoms in total. The van der Waals surface area contributed by atoms with E-state index in [0.29, 0.717) is 35.1 Å². The minimum atomic E-state index is -0.520. The number of halogens is 2. The largest absolute Gasteiger partial charge is 0.496 e. The third kappa shape index (κ3) is 4.55. The van der Waals surface area contributed by atoms with Gasteiger partial charge in [0.2, 0.25) is 5.91 Å². The van der Waals surface area contributed by atoms with Crippen molar-refractivity contribution in [3.8, 4) is 5.75 Å². The molecule has 2 amide bonds. The predicted octanol–water partition coefficient (Wildman–Crippen LogP) is 4.28. The summed E-state index contributed by atoms with van der Waals surface area (Å²) in [5.74, 6) is 0.418. The van der Waals surface area contributed by atoms with Gasteiger partial charge in [0.1, 0.15) is 11.8 Å². The molecular weight excluding hydrogens is 425 g/mol. The number of benzene rings is 1. The molecule has 30 heavy (non-hydrogen) atoms. The molecule has 0 N–H and O–H groups in total. The van der Waals surface area contributed by atoms with Gasteiger partial charge in [0, 0.05) is 46.5 Å². The van der Waals surface area contributed by atoms with Gasteiger partial charge in [-0.2, -0.15) is 0 Å². The Hall–Kier alpha value is -2.31. The highest BCUT2D eigenvalue weighted by molar-refractivity contribution is 6.35. The molecule has 0 aliphatic carbocycles. The molecule has 1 aromatic heterocycles. The zero-order valence-electron chi connectivity index (χ0n) is 17.5. The third-order valence-corrected chi connectivity index (χ3v) is 5.86. The quantitative estimate of drug-likeness (QED) is 0.683. The molecule has 0 saturated carbocycles. The number of nitrogens with zero attached hydrogens (tertiary/aromatic N) is 3. The summed E-state index contributed by atoms with van der Waals surface area (Å²) in [7, 11) is 3.35. The number of amides is 2. The second kappa shape index (κ2) is 9.23. The Labute approximate surface area is 186 Å². The molecular formula is C22H25Cl2N3O3. The summed E-state index contributed by atoms with van der Waals surface area (Å²) in [5.41, 5.74) is 3.01. The van der Waals surface area contributed by atoms with Crippen LogP contribution in [-0.4, -0.2) is 53.3 Å². The summed E-state index contributed by atoms with van der Waals surface area (Å²) in [6.07, 6.45) is 3.13. The van der Waals surface area contributed by atoms with Gasteiger partial charge in [-0.25, -0.2) is 0 Å². The van der Waals surface area contributed by atoms with Gasteiger partial charge in [-0.05, 0) is 44.9 Å². The van der Waals surface area contributed by atoms with Crippen LogP contribution in [0.5, 0.6) is 5.75 Å². The summed E-state index contributed by atoms with van der Waals surface area (Å²) in [4.78, 5) is 33.9. The highest BCUT2D eigenvalue weighted by atomic mass is 35.5. The van der Waals surface area contributed by atoms with Crippen LogP contribution in [0.3, 0.4) is 0 Å². The van der Waals surface area contributed by atoms with Crippen molar-refractivity contribution in [1.29, 1.82) is 0 Å². The molecule has 2 heterocycles. The predicted molar refractivity (Wildman–Crippen MR) is 117 cm³/mol. The number of pyridine rings is 1. The minimum Gasteiger partial charge on any atom is -0.496 e. The molecule has 0 bridgehead atoms. The molecule has 2 aromatic rings. The number of ether oxygens (including phenoxy) is 1. The fourth-order valence-electron chi connectivity index (χ4n) is 3.90. The minimum absolute atomic E-state index is 0.116. The molecule has 8 heteroatoms. The monoisotopic (exact) mass is 449 g/mol. The van der Waals surface area contributed by atoms with Gasteiger partial charge in [-0.15, -0.1) is 0 Å². The van der Waals surface area contributed by atoms with Crippen molar-refractivity contribution in [3.63, 3.8) is 0 Å². The molecule has 1 fully saturated rings. The Morgan fingerprint density at radius 1 is 1.23 bits per heavy atom. The lowest BCUT2D eigenvalue weighted by Gasteiger charge is -2.28. The van der Waals surface area contributed by atoms with Crippen molar-refractivity contribution in [2.45, 2.75) is 39.3 Å². The first-order valence-corrected chi connectivity index (χ1v) is 10.5. The zero-order valence-corrected chi connectivity index (χ0v) is 19.0. The standard InChI is InChI=1S/C22H25Cl2N3O3/c1-13-11-25-18(14(2)20(13)30-4)12-26(3)22(29)19-6-5-7-27(19)21(28)15-8-16(23)10-17(24)9-15/h8-11,19H,5-7,12H2,1-4H3. The SMILES string of the molecule is COc1c(C)cnc(CN(C)C(=O)C2CCCN2C(=O)c2cc(Cl)cc(Cl)c2)c1C. The number of carbonyl (C=O) groups is 2. The van der Waals surface area contributed by atoms with Gasteiger partial charge in [-0.1, -0.05) is 23.2 Å². The number of aryl methyl sites for hydroxylation is 1. The molecule has 3 rings (SSSR count). The van der Waals surface area contributed by atoms with Gasteiger partial charge >= 0.3 is 0 Å². The Morgan fingerprint density at radius 2 is 1.90 bits per heavy atom. The topological polar surface area (TPSA) is 62.7 Å². The summed E-state index contributed by atoms with van der Waals surface area (Å²) < 4.78 is 5.46. The Kier molecular flexibility index (Phi) is 6.88. The lowest BCUT2D eigenvalue weighted by atomic mass is 10.1. The van der Waals surface area contributed by atoms with E-state index < -0.39 is 6.04 Å². The molecule has 1 saturated heterocycles. The number of rotatable bonds is 5. The van der Waals surface area contributed by atoms with E-state index in [4.69, 9.17) is 27.9 Å². The fourth-order valence-corrected chi connectivity index (χ4v) is 4.42. The Morgan fingerprint density at radius 3 is 2.53 bits per heavy atom. The van der Waals surface area contributed by atoms with Crippen LogP contribution in [0, 0.1) is 13.8 Å². The van der Waals surface area contributed by atoms with E-state index in [1.54, 1.807) is 48.4 Å². The van der Waals surface area contributed by atoms with Gasteiger partial charge in [-0.3, -0.25) is 14.6 Å².